The number of carbonyl (C=O) groups is 2. The highest BCUT2D eigenvalue weighted by atomic mass is 32.2. The fourth-order valence-corrected chi connectivity index (χ4v) is 3.86. The molecule has 0 radical (unpaired) electrons. The van der Waals surface area contributed by atoms with Gasteiger partial charge in [0.05, 0.1) is 18.3 Å². The molecule has 0 saturated heterocycles. The summed E-state index contributed by atoms with van der Waals surface area (Å²) in [6.07, 6.45) is -0.903. The Morgan fingerprint density at radius 1 is 0.944 bits per heavy atom. The summed E-state index contributed by atoms with van der Waals surface area (Å²) in [7, 11) is -3.66. The summed E-state index contributed by atoms with van der Waals surface area (Å²) in [5.41, 5.74) is 0.936. The number of nitrogens with one attached hydrogen (secondary N) is 3. The van der Waals surface area contributed by atoms with Gasteiger partial charge in [-0.15, -0.1) is 0 Å². The summed E-state index contributed by atoms with van der Waals surface area (Å²) in [6.45, 7) is 1.54. The van der Waals surface area contributed by atoms with Crippen LogP contribution in [0.25, 0.3) is 0 Å². The van der Waals surface area contributed by atoms with Crippen LogP contribution in [0.15, 0.2) is 71.3 Å². The van der Waals surface area contributed by atoms with E-state index in [2.05, 4.69) is 15.6 Å². The normalized spacial score (nSPS) is 14.8. The van der Waals surface area contributed by atoms with E-state index in [-0.39, 0.29) is 18.1 Å². The first-order valence-electron chi connectivity index (χ1n) is 11.0. The van der Waals surface area contributed by atoms with Crippen LogP contribution in [0.1, 0.15) is 33.3 Å². The molecule has 0 aliphatic heterocycles. The van der Waals surface area contributed by atoms with Gasteiger partial charge < -0.3 is 25.3 Å². The number of amides is 2. The maximum absolute atomic E-state index is 12.8. The Hall–Kier alpha value is -3.74. The van der Waals surface area contributed by atoms with E-state index < -0.39 is 46.1 Å². The quantitative estimate of drug-likeness (QED) is 0.250. The van der Waals surface area contributed by atoms with Gasteiger partial charge in [-0.2, -0.15) is 4.98 Å². The first-order chi connectivity index (χ1) is 17.0. The number of nitrogens with zero attached hydrogens (tertiary/aromatic N) is 1. The third kappa shape index (κ3) is 7.63. The fourth-order valence-electron chi connectivity index (χ4n) is 3.45. The molecule has 4 atom stereocenters. The SMILES string of the molecule is C[C@H](NC(=O)c1ccccc1)[C@@H](O)[C@H](O)[C@@H](Cc1ccccc1)NC(=O)c1coc(NS(C)(=O)=O)n1. The summed E-state index contributed by atoms with van der Waals surface area (Å²) >= 11 is 0. The molecule has 3 rings (SSSR count). The molecule has 0 bridgehead atoms. The number of oxazole rings is 1. The number of sulfonamides is 1. The van der Waals surface area contributed by atoms with Crippen molar-refractivity contribution in [1.29, 1.82) is 0 Å². The predicted octanol–water partition coefficient (Wildman–Crippen LogP) is 0.928. The van der Waals surface area contributed by atoms with Crippen molar-refractivity contribution in [2.24, 2.45) is 0 Å². The minimum Gasteiger partial charge on any atom is -0.431 e. The van der Waals surface area contributed by atoms with Crippen molar-refractivity contribution < 1.29 is 32.6 Å². The fraction of sp³-hybridized carbons (Fsp3) is 0.292. The van der Waals surface area contributed by atoms with Crippen molar-refractivity contribution in [3.8, 4) is 0 Å². The maximum atomic E-state index is 12.8. The van der Waals surface area contributed by atoms with Gasteiger partial charge in [0.1, 0.15) is 18.5 Å². The molecule has 0 spiro atoms. The number of hydrogen-bond acceptors (Lipinski definition) is 8. The Labute approximate surface area is 208 Å². The van der Waals surface area contributed by atoms with Gasteiger partial charge in [0.2, 0.25) is 10.0 Å². The molecule has 0 unspecified atom stereocenters. The standard InChI is InChI=1S/C24H28N4O7S/c1-15(25-22(31)17-11-7-4-8-12-17)20(29)21(30)18(13-16-9-5-3-6-10-16)26-23(32)19-14-35-24(27-19)28-36(2,33)34/h3-12,14-15,18,20-21,29-30H,13H2,1-2H3,(H,25,31)(H,26,32)(H,27,28)/t15-,18+,20+,21+/m0/s1. The summed E-state index contributed by atoms with van der Waals surface area (Å²) in [5.74, 6) is -1.18. The molecule has 3 aromatic rings. The molecule has 2 aromatic carbocycles. The van der Waals surface area contributed by atoms with E-state index >= 15 is 0 Å². The van der Waals surface area contributed by atoms with Crippen molar-refractivity contribution in [3.05, 3.63) is 83.7 Å². The first-order valence-corrected chi connectivity index (χ1v) is 12.9. The topological polar surface area (TPSA) is 171 Å². The molecule has 12 heteroatoms. The van der Waals surface area contributed by atoms with Gasteiger partial charge in [0.25, 0.3) is 11.8 Å². The van der Waals surface area contributed by atoms with Crippen LogP contribution in [-0.4, -0.2) is 66.0 Å². The van der Waals surface area contributed by atoms with E-state index in [1.807, 2.05) is 10.8 Å². The molecule has 0 aliphatic rings. The third-order valence-corrected chi connectivity index (χ3v) is 5.84. The van der Waals surface area contributed by atoms with E-state index in [4.69, 9.17) is 4.42 Å². The van der Waals surface area contributed by atoms with Crippen LogP contribution in [0, 0.1) is 0 Å². The summed E-state index contributed by atoms with van der Waals surface area (Å²) in [4.78, 5) is 29.1. The lowest BCUT2D eigenvalue weighted by molar-refractivity contribution is -0.0188. The van der Waals surface area contributed by atoms with E-state index in [1.54, 1.807) is 54.6 Å². The molecule has 0 fully saturated rings. The highest BCUT2D eigenvalue weighted by molar-refractivity contribution is 7.91. The number of rotatable bonds is 11. The number of benzene rings is 2. The molecule has 0 aliphatic carbocycles. The van der Waals surface area contributed by atoms with Crippen LogP contribution < -0.4 is 15.4 Å². The molecule has 1 aromatic heterocycles. The average Bonchev–Trinajstić information content (AvgIpc) is 3.30. The number of carbonyl (C=O) groups excluding carboxylic acids is 2. The van der Waals surface area contributed by atoms with E-state index in [1.165, 1.54) is 6.92 Å². The van der Waals surface area contributed by atoms with Crippen LogP contribution in [0.4, 0.5) is 6.01 Å². The second-order valence-electron chi connectivity index (χ2n) is 8.29. The van der Waals surface area contributed by atoms with Gasteiger partial charge >= 0.3 is 6.01 Å². The smallest absolute Gasteiger partial charge is 0.309 e. The number of anilines is 1. The number of aliphatic hydroxyl groups is 2. The Bertz CT molecular complexity index is 1270. The van der Waals surface area contributed by atoms with Crippen molar-refractivity contribution in [2.45, 2.75) is 37.6 Å². The van der Waals surface area contributed by atoms with Gasteiger partial charge in [0, 0.05) is 5.56 Å². The minimum absolute atomic E-state index is 0.149. The van der Waals surface area contributed by atoms with Crippen molar-refractivity contribution in [1.82, 2.24) is 15.6 Å². The number of aliphatic hydroxyl groups excluding tert-OH is 2. The van der Waals surface area contributed by atoms with Gasteiger partial charge in [-0.1, -0.05) is 48.5 Å². The van der Waals surface area contributed by atoms with Crippen molar-refractivity contribution >= 4 is 27.9 Å². The molecule has 0 saturated carbocycles. The lowest BCUT2D eigenvalue weighted by atomic mass is 9.94. The molecular formula is C24H28N4O7S. The molecule has 2 amide bonds. The Morgan fingerprint density at radius 3 is 2.17 bits per heavy atom. The van der Waals surface area contributed by atoms with Crippen LogP contribution in [0.3, 0.4) is 0 Å². The highest BCUT2D eigenvalue weighted by Gasteiger charge is 2.33. The number of aromatic nitrogens is 1. The number of hydrogen-bond donors (Lipinski definition) is 5. The van der Waals surface area contributed by atoms with E-state index in [9.17, 15) is 28.2 Å². The van der Waals surface area contributed by atoms with Gasteiger partial charge in [-0.05, 0) is 31.0 Å². The lowest BCUT2D eigenvalue weighted by Crippen LogP contribution is -2.55. The van der Waals surface area contributed by atoms with Gasteiger partial charge in [0.15, 0.2) is 5.69 Å². The summed E-state index contributed by atoms with van der Waals surface area (Å²) in [5, 5.41) is 27.1. The van der Waals surface area contributed by atoms with Crippen LogP contribution in [0.5, 0.6) is 0 Å². The summed E-state index contributed by atoms with van der Waals surface area (Å²) < 4.78 is 29.7. The second-order valence-corrected chi connectivity index (χ2v) is 10.0. The Balaban J connectivity index is 1.74. The van der Waals surface area contributed by atoms with Crippen LogP contribution in [-0.2, 0) is 16.4 Å². The highest BCUT2D eigenvalue weighted by Crippen LogP contribution is 2.14. The maximum Gasteiger partial charge on any atom is 0.309 e. The molecule has 192 valence electrons. The molecule has 5 N–H and O–H groups in total. The molecule has 1 heterocycles. The van der Waals surface area contributed by atoms with E-state index in [0.29, 0.717) is 5.56 Å². The Kier molecular flexibility index (Phi) is 8.80. The predicted molar refractivity (Wildman–Crippen MR) is 132 cm³/mol. The van der Waals surface area contributed by atoms with E-state index in [0.717, 1.165) is 18.1 Å². The zero-order chi connectivity index (χ0) is 26.3. The molecular weight excluding hydrogens is 488 g/mol. The van der Waals surface area contributed by atoms with Crippen LogP contribution >= 0.6 is 0 Å². The van der Waals surface area contributed by atoms with Crippen molar-refractivity contribution in [3.63, 3.8) is 0 Å². The average molecular weight is 517 g/mol. The second kappa shape index (κ2) is 11.8. The van der Waals surface area contributed by atoms with Crippen LogP contribution in [0.2, 0.25) is 0 Å². The van der Waals surface area contributed by atoms with Gasteiger partial charge in [-0.3, -0.25) is 9.59 Å². The largest absolute Gasteiger partial charge is 0.431 e. The molecule has 11 nitrogen and oxygen atoms in total. The van der Waals surface area contributed by atoms with Crippen molar-refractivity contribution in [2.75, 3.05) is 11.0 Å². The third-order valence-electron chi connectivity index (χ3n) is 5.29. The summed E-state index contributed by atoms with van der Waals surface area (Å²) in [6, 6.07) is 15.2. The lowest BCUT2D eigenvalue weighted by Gasteiger charge is -2.31. The first kappa shape index (κ1) is 26.9. The minimum atomic E-state index is -3.66. The molecule has 36 heavy (non-hydrogen) atoms. The zero-order valence-corrected chi connectivity index (χ0v) is 20.5. The monoisotopic (exact) mass is 516 g/mol. The zero-order valence-electron chi connectivity index (χ0n) is 19.7. The Morgan fingerprint density at radius 2 is 1.56 bits per heavy atom. The van der Waals surface area contributed by atoms with Gasteiger partial charge in [-0.25, -0.2) is 13.1 Å².